The van der Waals surface area contributed by atoms with Gasteiger partial charge in [-0.2, -0.15) is 0 Å². The zero-order valence-electron chi connectivity index (χ0n) is 11.3. The Labute approximate surface area is 109 Å². The normalized spacial score (nSPS) is 19.4. The molecule has 1 atom stereocenters. The molecule has 18 heavy (non-hydrogen) atoms. The Kier molecular flexibility index (Phi) is 4.96. The van der Waals surface area contributed by atoms with Gasteiger partial charge in [0.1, 0.15) is 0 Å². The fraction of sp³-hybridized carbons (Fsp3) is 0.643. The highest BCUT2D eigenvalue weighted by molar-refractivity contribution is 5.17. The van der Waals surface area contributed by atoms with Crippen LogP contribution in [0.2, 0.25) is 0 Å². The third kappa shape index (κ3) is 3.96. The second-order valence-corrected chi connectivity index (χ2v) is 4.86. The minimum absolute atomic E-state index is 0.661. The topological polar surface area (TPSA) is 34.6 Å². The molecule has 1 aromatic rings. The Hall–Kier alpha value is -1.13. The van der Waals surface area contributed by atoms with Gasteiger partial charge in [-0.25, -0.2) is 4.98 Å². The molecule has 1 unspecified atom stereocenters. The van der Waals surface area contributed by atoms with Crippen molar-refractivity contribution in [1.29, 1.82) is 0 Å². The Morgan fingerprint density at radius 3 is 3.00 bits per heavy atom. The zero-order valence-corrected chi connectivity index (χ0v) is 11.3. The molecule has 100 valence electrons. The van der Waals surface area contributed by atoms with Crippen LogP contribution in [0.1, 0.15) is 18.9 Å². The van der Waals surface area contributed by atoms with E-state index in [4.69, 9.17) is 9.47 Å². The molecule has 0 aromatic carbocycles. The van der Waals surface area contributed by atoms with Gasteiger partial charge in [0.2, 0.25) is 5.88 Å². The summed E-state index contributed by atoms with van der Waals surface area (Å²) in [5.74, 6) is 1.39. The number of rotatable bonds is 6. The predicted octanol–water partition coefficient (Wildman–Crippen LogP) is 1.95. The number of nitrogens with zero attached hydrogens (tertiary/aromatic N) is 2. The van der Waals surface area contributed by atoms with Crippen LogP contribution < -0.4 is 4.74 Å². The van der Waals surface area contributed by atoms with Crippen LogP contribution in [0, 0.1) is 5.92 Å². The quantitative estimate of drug-likeness (QED) is 0.773. The van der Waals surface area contributed by atoms with Crippen molar-refractivity contribution in [2.45, 2.75) is 19.9 Å². The molecule has 1 saturated heterocycles. The lowest BCUT2D eigenvalue weighted by atomic mass is 10.1. The largest absolute Gasteiger partial charge is 0.478 e. The van der Waals surface area contributed by atoms with E-state index in [1.165, 1.54) is 12.0 Å². The van der Waals surface area contributed by atoms with Crippen molar-refractivity contribution < 1.29 is 9.47 Å². The van der Waals surface area contributed by atoms with E-state index in [1.807, 2.05) is 19.2 Å². The van der Waals surface area contributed by atoms with E-state index in [0.29, 0.717) is 18.4 Å². The van der Waals surface area contributed by atoms with Crippen molar-refractivity contribution >= 4 is 0 Å². The lowest BCUT2D eigenvalue weighted by Crippen LogP contribution is -2.25. The summed E-state index contributed by atoms with van der Waals surface area (Å²) in [6.45, 7) is 6.47. The Morgan fingerprint density at radius 2 is 2.39 bits per heavy atom. The van der Waals surface area contributed by atoms with E-state index >= 15 is 0 Å². The molecule has 2 heterocycles. The first kappa shape index (κ1) is 13.3. The van der Waals surface area contributed by atoms with Crippen LogP contribution in [0.15, 0.2) is 18.3 Å². The Morgan fingerprint density at radius 1 is 1.50 bits per heavy atom. The molecule has 0 radical (unpaired) electrons. The number of aromatic nitrogens is 1. The van der Waals surface area contributed by atoms with E-state index in [-0.39, 0.29) is 0 Å². The third-order valence-corrected chi connectivity index (χ3v) is 3.14. The molecular weight excluding hydrogens is 228 g/mol. The van der Waals surface area contributed by atoms with Crippen molar-refractivity contribution in [2.75, 3.05) is 33.4 Å². The van der Waals surface area contributed by atoms with Gasteiger partial charge in [0.15, 0.2) is 0 Å². The summed E-state index contributed by atoms with van der Waals surface area (Å²) in [6, 6.07) is 4.02. The van der Waals surface area contributed by atoms with Crippen LogP contribution in [0.4, 0.5) is 0 Å². The fourth-order valence-electron chi connectivity index (χ4n) is 2.28. The van der Waals surface area contributed by atoms with Gasteiger partial charge in [0.05, 0.1) is 13.2 Å². The van der Waals surface area contributed by atoms with Crippen LogP contribution in [-0.4, -0.2) is 43.3 Å². The van der Waals surface area contributed by atoms with Crippen LogP contribution in [0.25, 0.3) is 0 Å². The number of ether oxygens (including phenoxy) is 2. The highest BCUT2D eigenvalue weighted by Gasteiger charge is 2.17. The van der Waals surface area contributed by atoms with Crippen molar-refractivity contribution in [3.05, 3.63) is 23.9 Å². The molecule has 4 nitrogen and oxygen atoms in total. The first-order valence-corrected chi connectivity index (χ1v) is 6.62. The summed E-state index contributed by atoms with van der Waals surface area (Å²) >= 11 is 0. The smallest absolute Gasteiger partial charge is 0.213 e. The van der Waals surface area contributed by atoms with Crippen molar-refractivity contribution in [1.82, 2.24) is 9.88 Å². The summed E-state index contributed by atoms with van der Waals surface area (Å²) in [7, 11) is 2.15. The molecule has 0 aliphatic carbocycles. The highest BCUT2D eigenvalue weighted by Crippen LogP contribution is 2.15. The van der Waals surface area contributed by atoms with Gasteiger partial charge in [-0.3, -0.25) is 0 Å². The van der Waals surface area contributed by atoms with Crippen molar-refractivity contribution in [2.24, 2.45) is 5.92 Å². The SMILES string of the molecule is CCOc1ccc(CN(C)CC2CCOC2)cn1. The molecule has 0 N–H and O–H groups in total. The number of pyridine rings is 1. The summed E-state index contributed by atoms with van der Waals surface area (Å²) in [6.07, 6.45) is 3.08. The summed E-state index contributed by atoms with van der Waals surface area (Å²) in [5, 5.41) is 0. The molecule has 1 aromatic heterocycles. The molecule has 2 rings (SSSR count). The Bertz CT molecular complexity index is 347. The van der Waals surface area contributed by atoms with Crippen molar-refractivity contribution in [3.8, 4) is 5.88 Å². The van der Waals surface area contributed by atoms with Gasteiger partial charge in [-0.05, 0) is 31.9 Å². The maximum atomic E-state index is 5.40. The first-order chi connectivity index (χ1) is 8.78. The zero-order chi connectivity index (χ0) is 12.8. The van der Waals surface area contributed by atoms with Crippen LogP contribution in [-0.2, 0) is 11.3 Å². The molecule has 1 aliphatic heterocycles. The third-order valence-electron chi connectivity index (χ3n) is 3.14. The van der Waals surface area contributed by atoms with Gasteiger partial charge >= 0.3 is 0 Å². The molecule has 0 bridgehead atoms. The molecule has 0 saturated carbocycles. The highest BCUT2D eigenvalue weighted by atomic mass is 16.5. The van der Waals surface area contributed by atoms with Gasteiger partial charge in [-0.1, -0.05) is 6.07 Å². The molecule has 0 amide bonds. The van der Waals surface area contributed by atoms with Crippen LogP contribution in [0.5, 0.6) is 5.88 Å². The lowest BCUT2D eigenvalue weighted by Gasteiger charge is -2.19. The van der Waals surface area contributed by atoms with Gasteiger partial charge < -0.3 is 14.4 Å². The Balaban J connectivity index is 1.80. The second-order valence-electron chi connectivity index (χ2n) is 4.86. The molecule has 1 aliphatic rings. The lowest BCUT2D eigenvalue weighted by molar-refractivity contribution is 0.173. The standard InChI is InChI=1S/C14H22N2O2/c1-3-18-14-5-4-12(8-15-14)9-16(2)10-13-6-7-17-11-13/h4-5,8,13H,3,6-7,9-11H2,1-2H3. The van der Waals surface area contributed by atoms with E-state index in [1.54, 1.807) is 0 Å². The minimum atomic E-state index is 0.661. The molecule has 1 fully saturated rings. The monoisotopic (exact) mass is 250 g/mol. The molecule has 4 heteroatoms. The van der Waals surface area contributed by atoms with E-state index in [0.717, 1.165) is 26.3 Å². The summed E-state index contributed by atoms with van der Waals surface area (Å²) in [5.41, 5.74) is 1.22. The maximum absolute atomic E-state index is 5.40. The molecular formula is C14H22N2O2. The average molecular weight is 250 g/mol. The average Bonchev–Trinajstić information content (AvgIpc) is 2.84. The fourth-order valence-corrected chi connectivity index (χ4v) is 2.28. The molecule has 0 spiro atoms. The van der Waals surface area contributed by atoms with Crippen LogP contribution >= 0.6 is 0 Å². The number of hydrogen-bond acceptors (Lipinski definition) is 4. The van der Waals surface area contributed by atoms with Gasteiger partial charge in [0, 0.05) is 32.0 Å². The summed E-state index contributed by atoms with van der Waals surface area (Å²) < 4.78 is 10.7. The minimum Gasteiger partial charge on any atom is -0.478 e. The second kappa shape index (κ2) is 6.71. The van der Waals surface area contributed by atoms with Gasteiger partial charge in [0.25, 0.3) is 0 Å². The first-order valence-electron chi connectivity index (χ1n) is 6.62. The van der Waals surface area contributed by atoms with E-state index < -0.39 is 0 Å². The van der Waals surface area contributed by atoms with E-state index in [9.17, 15) is 0 Å². The van der Waals surface area contributed by atoms with Crippen LogP contribution in [0.3, 0.4) is 0 Å². The number of hydrogen-bond donors (Lipinski definition) is 0. The van der Waals surface area contributed by atoms with Gasteiger partial charge in [-0.15, -0.1) is 0 Å². The van der Waals surface area contributed by atoms with Crippen molar-refractivity contribution in [3.63, 3.8) is 0 Å². The maximum Gasteiger partial charge on any atom is 0.213 e. The predicted molar refractivity (Wildman–Crippen MR) is 70.7 cm³/mol. The van der Waals surface area contributed by atoms with E-state index in [2.05, 4.69) is 23.0 Å². The summed E-state index contributed by atoms with van der Waals surface area (Å²) in [4.78, 5) is 6.61.